The average molecular weight is 295 g/mol. The Kier molecular flexibility index (Phi) is 5.27. The third-order valence-electron chi connectivity index (χ3n) is 3.04. The molecule has 1 aliphatic heterocycles. The van der Waals surface area contributed by atoms with E-state index in [0.29, 0.717) is 30.4 Å². The van der Waals surface area contributed by atoms with E-state index in [1.54, 1.807) is 19.9 Å². The van der Waals surface area contributed by atoms with Crippen molar-refractivity contribution in [3.8, 4) is 17.2 Å². The number of hydrogen-bond acceptors (Lipinski definition) is 6. The SMILES string of the molecule is CCNCc1cc2c(cc1OC(C)C(=O)OCC)OCO2. The summed E-state index contributed by atoms with van der Waals surface area (Å²) >= 11 is 0. The molecular weight excluding hydrogens is 274 g/mol. The molecule has 0 aromatic heterocycles. The largest absolute Gasteiger partial charge is 0.479 e. The van der Waals surface area contributed by atoms with Crippen LogP contribution in [0, 0.1) is 0 Å². The number of carbonyl (C=O) groups excluding carboxylic acids is 1. The Hall–Kier alpha value is -1.95. The van der Waals surface area contributed by atoms with Crippen molar-refractivity contribution in [3.63, 3.8) is 0 Å². The first-order valence-corrected chi connectivity index (χ1v) is 7.12. The highest BCUT2D eigenvalue weighted by Gasteiger charge is 2.22. The third kappa shape index (κ3) is 3.78. The lowest BCUT2D eigenvalue weighted by Gasteiger charge is -2.17. The van der Waals surface area contributed by atoms with E-state index in [4.69, 9.17) is 18.9 Å². The first-order chi connectivity index (χ1) is 10.2. The van der Waals surface area contributed by atoms with Crippen LogP contribution >= 0.6 is 0 Å². The molecule has 0 bridgehead atoms. The molecule has 0 aliphatic carbocycles. The predicted octanol–water partition coefficient (Wildman–Crippen LogP) is 1.86. The molecule has 0 amide bonds. The van der Waals surface area contributed by atoms with E-state index < -0.39 is 6.10 Å². The molecule has 0 saturated heterocycles. The van der Waals surface area contributed by atoms with E-state index in [9.17, 15) is 4.79 Å². The van der Waals surface area contributed by atoms with Crippen LogP contribution in [-0.4, -0.2) is 32.0 Å². The Labute approximate surface area is 124 Å². The molecule has 0 radical (unpaired) electrons. The van der Waals surface area contributed by atoms with Gasteiger partial charge in [0.2, 0.25) is 6.79 Å². The number of carbonyl (C=O) groups is 1. The van der Waals surface area contributed by atoms with Crippen LogP contribution in [0.4, 0.5) is 0 Å². The molecule has 1 atom stereocenters. The second-order valence-electron chi connectivity index (χ2n) is 4.61. The normalized spacial score (nSPS) is 13.9. The lowest BCUT2D eigenvalue weighted by atomic mass is 10.1. The van der Waals surface area contributed by atoms with E-state index in [2.05, 4.69) is 5.32 Å². The van der Waals surface area contributed by atoms with Crippen molar-refractivity contribution in [1.82, 2.24) is 5.32 Å². The number of benzene rings is 1. The zero-order valence-electron chi connectivity index (χ0n) is 12.6. The second kappa shape index (κ2) is 7.17. The van der Waals surface area contributed by atoms with Gasteiger partial charge in [-0.3, -0.25) is 0 Å². The van der Waals surface area contributed by atoms with Crippen LogP contribution < -0.4 is 19.5 Å². The predicted molar refractivity (Wildman–Crippen MR) is 76.7 cm³/mol. The van der Waals surface area contributed by atoms with Gasteiger partial charge in [0.25, 0.3) is 0 Å². The number of rotatable bonds is 7. The Morgan fingerprint density at radius 3 is 2.71 bits per heavy atom. The summed E-state index contributed by atoms with van der Waals surface area (Å²) < 4.78 is 21.4. The molecule has 1 aromatic rings. The molecule has 6 nitrogen and oxygen atoms in total. The highest BCUT2D eigenvalue weighted by Crippen LogP contribution is 2.38. The van der Waals surface area contributed by atoms with Gasteiger partial charge in [-0.1, -0.05) is 6.92 Å². The van der Waals surface area contributed by atoms with Crippen LogP contribution in [-0.2, 0) is 16.1 Å². The molecule has 1 aromatic carbocycles. The fourth-order valence-electron chi connectivity index (χ4n) is 1.97. The maximum Gasteiger partial charge on any atom is 0.347 e. The number of fused-ring (bicyclic) bond motifs is 1. The molecule has 6 heteroatoms. The highest BCUT2D eigenvalue weighted by molar-refractivity contribution is 5.74. The fourth-order valence-corrected chi connectivity index (χ4v) is 1.97. The van der Waals surface area contributed by atoms with Gasteiger partial charge >= 0.3 is 5.97 Å². The van der Waals surface area contributed by atoms with Crippen LogP contribution in [0.15, 0.2) is 12.1 Å². The van der Waals surface area contributed by atoms with Gasteiger partial charge in [-0.15, -0.1) is 0 Å². The van der Waals surface area contributed by atoms with Crippen LogP contribution in [0.3, 0.4) is 0 Å². The summed E-state index contributed by atoms with van der Waals surface area (Å²) in [6, 6.07) is 3.63. The van der Waals surface area contributed by atoms with Gasteiger partial charge in [0, 0.05) is 18.2 Å². The molecule has 1 unspecified atom stereocenters. The quantitative estimate of drug-likeness (QED) is 0.775. The molecule has 2 rings (SSSR count). The van der Waals surface area contributed by atoms with E-state index in [0.717, 1.165) is 12.1 Å². The molecule has 0 fully saturated rings. The summed E-state index contributed by atoms with van der Waals surface area (Å²) in [5.41, 5.74) is 0.914. The van der Waals surface area contributed by atoms with Crippen molar-refractivity contribution in [2.24, 2.45) is 0 Å². The molecule has 116 valence electrons. The second-order valence-corrected chi connectivity index (χ2v) is 4.61. The van der Waals surface area contributed by atoms with Crippen LogP contribution in [0.25, 0.3) is 0 Å². The Bertz CT molecular complexity index is 503. The number of hydrogen-bond donors (Lipinski definition) is 1. The van der Waals surface area contributed by atoms with Gasteiger partial charge < -0.3 is 24.3 Å². The third-order valence-corrected chi connectivity index (χ3v) is 3.04. The number of nitrogens with one attached hydrogen (secondary N) is 1. The standard InChI is InChI=1S/C15H21NO5/c1-4-16-8-11-6-13-14(20-9-19-13)7-12(11)21-10(3)15(17)18-5-2/h6-7,10,16H,4-5,8-9H2,1-3H3. The fraction of sp³-hybridized carbons (Fsp3) is 0.533. The lowest BCUT2D eigenvalue weighted by Crippen LogP contribution is -2.26. The van der Waals surface area contributed by atoms with Crippen molar-refractivity contribution in [1.29, 1.82) is 0 Å². The summed E-state index contributed by atoms with van der Waals surface area (Å²) in [6.07, 6.45) is -0.675. The molecular formula is C15H21NO5. The average Bonchev–Trinajstić information content (AvgIpc) is 2.92. The van der Waals surface area contributed by atoms with Crippen molar-refractivity contribution >= 4 is 5.97 Å². The zero-order valence-corrected chi connectivity index (χ0v) is 12.6. The van der Waals surface area contributed by atoms with Crippen molar-refractivity contribution in [3.05, 3.63) is 17.7 Å². The minimum Gasteiger partial charge on any atom is -0.479 e. The van der Waals surface area contributed by atoms with Crippen LogP contribution in [0.5, 0.6) is 17.2 Å². The van der Waals surface area contributed by atoms with E-state index in [1.807, 2.05) is 13.0 Å². The molecule has 21 heavy (non-hydrogen) atoms. The van der Waals surface area contributed by atoms with Crippen LogP contribution in [0.2, 0.25) is 0 Å². The summed E-state index contributed by atoms with van der Waals surface area (Å²) in [5, 5.41) is 3.23. The molecule has 0 spiro atoms. The van der Waals surface area contributed by atoms with Gasteiger partial charge in [0.15, 0.2) is 17.6 Å². The summed E-state index contributed by atoms with van der Waals surface area (Å²) in [5.74, 6) is 1.53. The number of ether oxygens (including phenoxy) is 4. The maximum absolute atomic E-state index is 11.7. The van der Waals surface area contributed by atoms with Gasteiger partial charge in [-0.25, -0.2) is 4.79 Å². The maximum atomic E-state index is 11.7. The highest BCUT2D eigenvalue weighted by atomic mass is 16.7. The molecule has 1 heterocycles. The topological polar surface area (TPSA) is 66.0 Å². The first kappa shape index (κ1) is 15.4. The Balaban J connectivity index is 2.17. The van der Waals surface area contributed by atoms with Crippen molar-refractivity contribution in [2.75, 3.05) is 19.9 Å². The summed E-state index contributed by atoms with van der Waals surface area (Å²) in [6.45, 7) is 7.44. The van der Waals surface area contributed by atoms with Crippen molar-refractivity contribution < 1.29 is 23.7 Å². The van der Waals surface area contributed by atoms with Crippen molar-refractivity contribution in [2.45, 2.75) is 33.4 Å². The van der Waals surface area contributed by atoms with Gasteiger partial charge in [-0.2, -0.15) is 0 Å². The van der Waals surface area contributed by atoms with E-state index in [1.165, 1.54) is 0 Å². The minimum absolute atomic E-state index is 0.201. The number of esters is 1. The molecule has 1 N–H and O–H groups in total. The minimum atomic E-state index is -0.675. The lowest BCUT2D eigenvalue weighted by molar-refractivity contribution is -0.150. The van der Waals surface area contributed by atoms with E-state index >= 15 is 0 Å². The summed E-state index contributed by atoms with van der Waals surface area (Å²) in [4.78, 5) is 11.7. The molecule has 0 saturated carbocycles. The molecule has 1 aliphatic rings. The van der Waals surface area contributed by atoms with Gasteiger partial charge in [0.1, 0.15) is 5.75 Å². The van der Waals surface area contributed by atoms with Gasteiger partial charge in [0.05, 0.1) is 6.61 Å². The Morgan fingerprint density at radius 1 is 1.33 bits per heavy atom. The summed E-state index contributed by atoms with van der Waals surface area (Å²) in [7, 11) is 0. The van der Waals surface area contributed by atoms with E-state index in [-0.39, 0.29) is 12.8 Å². The van der Waals surface area contributed by atoms with Gasteiger partial charge in [-0.05, 0) is 26.5 Å². The monoisotopic (exact) mass is 295 g/mol. The van der Waals surface area contributed by atoms with Crippen LogP contribution in [0.1, 0.15) is 26.3 Å². The zero-order chi connectivity index (χ0) is 15.2. The smallest absolute Gasteiger partial charge is 0.347 e. The first-order valence-electron chi connectivity index (χ1n) is 7.12. The Morgan fingerprint density at radius 2 is 2.05 bits per heavy atom.